The number of carbonyl (C=O) groups is 1. The summed E-state index contributed by atoms with van der Waals surface area (Å²) >= 11 is 1.58. The van der Waals surface area contributed by atoms with Gasteiger partial charge in [-0.15, -0.1) is 18.3 Å². The molecule has 1 unspecified atom stereocenters. The van der Waals surface area contributed by atoms with Gasteiger partial charge in [-0.05, 0) is 49.7 Å². The highest BCUT2D eigenvalue weighted by Gasteiger charge is 2.17. The van der Waals surface area contributed by atoms with Gasteiger partial charge in [0.15, 0.2) is 0 Å². The zero-order chi connectivity index (χ0) is 19.9. The molecule has 144 valence electrons. The van der Waals surface area contributed by atoms with E-state index < -0.39 is 10.0 Å². The van der Waals surface area contributed by atoms with Crippen LogP contribution in [0.15, 0.2) is 71.0 Å². The normalized spacial score (nSPS) is 12.4. The highest BCUT2D eigenvalue weighted by molar-refractivity contribution is 7.99. The molecule has 0 heterocycles. The lowest BCUT2D eigenvalue weighted by Gasteiger charge is -2.13. The fourth-order valence-corrected chi connectivity index (χ4v) is 4.31. The zero-order valence-corrected chi connectivity index (χ0v) is 17.1. The Labute approximate surface area is 165 Å². The molecule has 27 heavy (non-hydrogen) atoms. The Morgan fingerprint density at radius 2 is 1.85 bits per heavy atom. The summed E-state index contributed by atoms with van der Waals surface area (Å²) in [5.74, 6) is 0.447. The Kier molecular flexibility index (Phi) is 7.65. The molecule has 1 amide bonds. The number of benzene rings is 2. The fraction of sp³-hybridized carbons (Fsp3) is 0.250. The second-order valence-electron chi connectivity index (χ2n) is 6.00. The van der Waals surface area contributed by atoms with Crippen LogP contribution in [0, 0.1) is 0 Å². The van der Waals surface area contributed by atoms with Gasteiger partial charge in [-0.2, -0.15) is 0 Å². The van der Waals surface area contributed by atoms with Gasteiger partial charge in [0, 0.05) is 22.3 Å². The molecule has 0 saturated carbocycles. The Hall–Kier alpha value is -2.09. The maximum atomic E-state index is 12.5. The largest absolute Gasteiger partial charge is 0.321 e. The monoisotopic (exact) mass is 404 g/mol. The highest BCUT2D eigenvalue weighted by Crippen LogP contribution is 2.27. The van der Waals surface area contributed by atoms with Crippen molar-refractivity contribution in [1.82, 2.24) is 4.72 Å². The molecule has 0 aromatic heterocycles. The fourth-order valence-electron chi connectivity index (χ4n) is 2.24. The van der Waals surface area contributed by atoms with Crippen LogP contribution in [0.5, 0.6) is 0 Å². The van der Waals surface area contributed by atoms with Crippen LogP contribution in [-0.2, 0) is 10.0 Å². The molecule has 0 aliphatic rings. The number of hydrogen-bond acceptors (Lipinski definition) is 4. The molecule has 0 fully saturated rings. The molecule has 0 aliphatic carbocycles. The van der Waals surface area contributed by atoms with E-state index in [-0.39, 0.29) is 16.8 Å². The van der Waals surface area contributed by atoms with Gasteiger partial charge in [-0.25, -0.2) is 13.1 Å². The molecular weight excluding hydrogens is 380 g/mol. The topological polar surface area (TPSA) is 75.3 Å². The van der Waals surface area contributed by atoms with Crippen LogP contribution in [0.2, 0.25) is 0 Å². The van der Waals surface area contributed by atoms with Crippen molar-refractivity contribution in [1.29, 1.82) is 0 Å². The Bertz CT molecular complexity index is 894. The summed E-state index contributed by atoms with van der Waals surface area (Å²) < 4.78 is 27.2. The third kappa shape index (κ3) is 5.95. The molecule has 2 N–H and O–H groups in total. The second kappa shape index (κ2) is 9.73. The molecule has 0 spiro atoms. The first-order valence-corrected chi connectivity index (χ1v) is 11.1. The first-order valence-electron chi connectivity index (χ1n) is 8.64. The molecule has 0 bridgehead atoms. The van der Waals surface area contributed by atoms with Crippen molar-refractivity contribution in [2.75, 3.05) is 11.1 Å². The summed E-state index contributed by atoms with van der Waals surface area (Å²) in [5, 5.41) is 2.88. The van der Waals surface area contributed by atoms with Gasteiger partial charge in [-0.1, -0.05) is 25.1 Å². The maximum Gasteiger partial charge on any atom is 0.255 e. The lowest BCUT2D eigenvalue weighted by Crippen LogP contribution is -2.32. The van der Waals surface area contributed by atoms with Gasteiger partial charge < -0.3 is 5.32 Å². The number of nitrogens with one attached hydrogen (secondary N) is 2. The number of rotatable bonds is 9. The Balaban J connectivity index is 2.14. The molecule has 1 atom stereocenters. The summed E-state index contributed by atoms with van der Waals surface area (Å²) in [6, 6.07) is 13.3. The van der Waals surface area contributed by atoms with Gasteiger partial charge in [0.25, 0.3) is 5.91 Å². The molecule has 2 aromatic rings. The van der Waals surface area contributed by atoms with Gasteiger partial charge in [0.05, 0.1) is 10.6 Å². The molecule has 2 aromatic carbocycles. The number of sulfonamides is 1. The van der Waals surface area contributed by atoms with E-state index in [1.807, 2.05) is 31.2 Å². The number of anilines is 1. The average molecular weight is 405 g/mol. The van der Waals surface area contributed by atoms with Gasteiger partial charge in [0.1, 0.15) is 0 Å². The van der Waals surface area contributed by atoms with Gasteiger partial charge in [0.2, 0.25) is 10.0 Å². The van der Waals surface area contributed by atoms with E-state index in [1.165, 1.54) is 24.3 Å². The van der Waals surface area contributed by atoms with Crippen LogP contribution in [0.4, 0.5) is 5.69 Å². The first-order chi connectivity index (χ1) is 12.9. The van der Waals surface area contributed by atoms with E-state index in [0.717, 1.165) is 10.6 Å². The van der Waals surface area contributed by atoms with Crippen molar-refractivity contribution in [3.05, 3.63) is 66.7 Å². The zero-order valence-electron chi connectivity index (χ0n) is 15.4. The van der Waals surface area contributed by atoms with E-state index in [9.17, 15) is 13.2 Å². The minimum atomic E-state index is -3.58. The number of thioether (sulfide) groups is 1. The lowest BCUT2D eigenvalue weighted by atomic mass is 10.2. The van der Waals surface area contributed by atoms with Crippen molar-refractivity contribution in [3.63, 3.8) is 0 Å². The van der Waals surface area contributed by atoms with Crippen molar-refractivity contribution < 1.29 is 13.2 Å². The van der Waals surface area contributed by atoms with Crippen LogP contribution in [-0.4, -0.2) is 26.1 Å². The second-order valence-corrected chi connectivity index (χ2v) is 8.78. The minimum Gasteiger partial charge on any atom is -0.321 e. The van der Waals surface area contributed by atoms with Crippen molar-refractivity contribution in [2.24, 2.45) is 0 Å². The summed E-state index contributed by atoms with van der Waals surface area (Å²) in [6.45, 7) is 7.42. The quantitative estimate of drug-likeness (QED) is 0.483. The van der Waals surface area contributed by atoms with Gasteiger partial charge in [-0.3, -0.25) is 4.79 Å². The molecule has 0 aliphatic heterocycles. The van der Waals surface area contributed by atoms with Crippen LogP contribution < -0.4 is 10.0 Å². The van der Waals surface area contributed by atoms with Crippen molar-refractivity contribution >= 4 is 33.4 Å². The number of carbonyl (C=O) groups excluding carboxylic acids is 1. The Morgan fingerprint density at radius 1 is 1.19 bits per heavy atom. The lowest BCUT2D eigenvalue weighted by molar-refractivity contribution is 0.102. The number of amides is 1. The number of para-hydroxylation sites is 1. The molecule has 5 nitrogen and oxygen atoms in total. The van der Waals surface area contributed by atoms with Crippen LogP contribution in [0.3, 0.4) is 0 Å². The predicted octanol–water partition coefficient (Wildman–Crippen LogP) is 4.29. The molecular formula is C20H24N2O3S2. The van der Waals surface area contributed by atoms with E-state index in [4.69, 9.17) is 0 Å². The number of hydrogen-bond donors (Lipinski definition) is 2. The van der Waals surface area contributed by atoms with Crippen LogP contribution >= 0.6 is 11.8 Å². The first kappa shape index (κ1) is 21.2. The summed E-state index contributed by atoms with van der Waals surface area (Å²) in [5.41, 5.74) is 1.10. The molecule has 2 rings (SSSR count). The smallest absolute Gasteiger partial charge is 0.255 e. The SMILES string of the molecule is C=CCSc1ccccc1NC(=O)c1ccc(S(=O)(=O)NC(C)CC)cc1. The van der Waals surface area contributed by atoms with Crippen LogP contribution in [0.1, 0.15) is 30.6 Å². The summed E-state index contributed by atoms with van der Waals surface area (Å²) in [7, 11) is -3.58. The van der Waals surface area contributed by atoms with E-state index in [0.29, 0.717) is 17.7 Å². The van der Waals surface area contributed by atoms with E-state index in [1.54, 1.807) is 24.8 Å². The minimum absolute atomic E-state index is 0.140. The highest BCUT2D eigenvalue weighted by atomic mass is 32.2. The van der Waals surface area contributed by atoms with Gasteiger partial charge >= 0.3 is 0 Å². The molecule has 0 radical (unpaired) electrons. The molecule has 7 heteroatoms. The van der Waals surface area contributed by atoms with Crippen molar-refractivity contribution in [3.8, 4) is 0 Å². The van der Waals surface area contributed by atoms with E-state index >= 15 is 0 Å². The summed E-state index contributed by atoms with van der Waals surface area (Å²) in [6.07, 6.45) is 2.50. The third-order valence-electron chi connectivity index (χ3n) is 3.89. The standard InChI is InChI=1S/C20H24N2O3S2/c1-4-14-26-19-9-7-6-8-18(19)21-20(23)16-10-12-17(13-11-16)27(24,25)22-15(3)5-2/h4,6-13,15,22H,1,5,14H2,2-3H3,(H,21,23). The predicted molar refractivity (Wildman–Crippen MR) is 112 cm³/mol. The van der Waals surface area contributed by atoms with Crippen LogP contribution in [0.25, 0.3) is 0 Å². The van der Waals surface area contributed by atoms with Crippen molar-refractivity contribution in [2.45, 2.75) is 36.1 Å². The third-order valence-corrected chi connectivity index (χ3v) is 6.56. The maximum absolute atomic E-state index is 12.5. The molecule has 0 saturated heterocycles. The average Bonchev–Trinajstić information content (AvgIpc) is 2.67. The summed E-state index contributed by atoms with van der Waals surface area (Å²) in [4.78, 5) is 13.6. The Morgan fingerprint density at radius 3 is 2.48 bits per heavy atom. The van der Waals surface area contributed by atoms with E-state index in [2.05, 4.69) is 16.6 Å².